The minimum atomic E-state index is -0.575. The van der Waals surface area contributed by atoms with E-state index in [1.807, 2.05) is 0 Å². The van der Waals surface area contributed by atoms with Gasteiger partial charge >= 0.3 is 0 Å². The zero-order valence-electron chi connectivity index (χ0n) is 19.9. The van der Waals surface area contributed by atoms with Crippen LogP contribution in [-0.4, -0.2) is 23.1 Å². The molecule has 174 valence electrons. The highest BCUT2D eigenvalue weighted by atomic mass is 79.9. The molecule has 1 saturated heterocycles. The summed E-state index contributed by atoms with van der Waals surface area (Å²) in [6.07, 6.45) is 6.21. The normalized spacial score (nSPS) is 31.1. The van der Waals surface area contributed by atoms with E-state index >= 15 is 0 Å². The summed E-state index contributed by atoms with van der Waals surface area (Å²) >= 11 is 0. The Balaban J connectivity index is 0.00000241. The van der Waals surface area contributed by atoms with Gasteiger partial charge in [-0.25, -0.2) is 0 Å². The Bertz CT molecular complexity index is 1130. The number of hydrogen-bond acceptors (Lipinski definition) is 1. The zero-order chi connectivity index (χ0) is 22.5. The topological polar surface area (TPSA) is 23.8 Å². The van der Waals surface area contributed by atoms with Gasteiger partial charge in [-0.2, -0.15) is 5.26 Å². The molecule has 5 atom stereocenters. The van der Waals surface area contributed by atoms with Crippen LogP contribution in [0.1, 0.15) is 48.8 Å². The highest BCUT2D eigenvalue weighted by Crippen LogP contribution is 2.71. The molecule has 2 aliphatic carbocycles. The van der Waals surface area contributed by atoms with E-state index in [1.165, 1.54) is 35.7 Å². The standard InChI is InChI=1S/C31H33N2.BrH/c1-33(22-24-11-5-2-6-12-24)29-20-25(19-28-17-18-31(28,29)33)21-30(23-32,26-13-7-3-8-14-26)27-15-9-4-10-16-27;/h2-16,25,28-29H,17-22H2,1H3;1H/q+1;/p-1/t25-,28+,29+,31?,33?;/m1./s1. The highest BCUT2D eigenvalue weighted by Gasteiger charge is 2.84. The van der Waals surface area contributed by atoms with Crippen LogP contribution in [0, 0.1) is 23.2 Å². The van der Waals surface area contributed by atoms with Crippen LogP contribution in [0.3, 0.4) is 0 Å². The molecule has 3 aromatic carbocycles. The van der Waals surface area contributed by atoms with Crippen LogP contribution in [0.5, 0.6) is 0 Å². The van der Waals surface area contributed by atoms with E-state index in [-0.39, 0.29) is 17.0 Å². The second kappa shape index (κ2) is 8.67. The lowest BCUT2D eigenvalue weighted by molar-refractivity contribution is -0.842. The molecular formula is C31H33BrN2. The molecule has 34 heavy (non-hydrogen) atoms. The summed E-state index contributed by atoms with van der Waals surface area (Å²) in [5, 5.41) is 10.7. The van der Waals surface area contributed by atoms with Gasteiger partial charge in [0.1, 0.15) is 18.0 Å². The molecule has 3 aromatic rings. The zero-order valence-corrected chi connectivity index (χ0v) is 21.5. The molecule has 2 unspecified atom stereocenters. The summed E-state index contributed by atoms with van der Waals surface area (Å²) in [5.41, 5.74) is 3.68. The van der Waals surface area contributed by atoms with Crippen molar-refractivity contribution in [3.05, 3.63) is 108 Å². The lowest BCUT2D eigenvalue weighted by atomic mass is 9.58. The SMILES string of the molecule is C[N+]1(Cc2ccccc2)[C@H]2C[C@H](CC(C#N)(c3ccccc3)c3ccccc3)C[C@@H]3CCC321.[Br-]. The number of likely N-dealkylation sites (tertiary alicyclic amines) is 1. The average molecular weight is 514 g/mol. The van der Waals surface area contributed by atoms with Crippen molar-refractivity contribution in [1.29, 1.82) is 5.26 Å². The predicted octanol–water partition coefficient (Wildman–Crippen LogP) is 3.48. The number of hydrogen-bond donors (Lipinski definition) is 0. The van der Waals surface area contributed by atoms with Crippen LogP contribution >= 0.6 is 0 Å². The molecule has 0 amide bonds. The number of quaternary nitrogens is 1. The van der Waals surface area contributed by atoms with Gasteiger partial charge in [0.2, 0.25) is 0 Å². The number of nitrogens with zero attached hydrogens (tertiary/aromatic N) is 2. The van der Waals surface area contributed by atoms with Crippen molar-refractivity contribution in [3.8, 4) is 6.07 Å². The van der Waals surface area contributed by atoms with E-state index < -0.39 is 5.41 Å². The fourth-order valence-electron chi connectivity index (χ4n) is 7.96. The molecule has 2 saturated carbocycles. The van der Waals surface area contributed by atoms with Crippen molar-refractivity contribution < 1.29 is 21.5 Å². The second-order valence-corrected chi connectivity index (χ2v) is 10.9. The van der Waals surface area contributed by atoms with Crippen molar-refractivity contribution in [3.63, 3.8) is 0 Å². The van der Waals surface area contributed by atoms with Crippen LogP contribution < -0.4 is 17.0 Å². The molecule has 0 aromatic heterocycles. The third-order valence-corrected chi connectivity index (χ3v) is 9.60. The van der Waals surface area contributed by atoms with Gasteiger partial charge < -0.3 is 21.5 Å². The number of rotatable bonds is 6. The van der Waals surface area contributed by atoms with Gasteiger partial charge in [-0.1, -0.05) is 91.0 Å². The van der Waals surface area contributed by atoms with E-state index in [4.69, 9.17) is 0 Å². The second-order valence-electron chi connectivity index (χ2n) is 10.9. The van der Waals surface area contributed by atoms with E-state index in [2.05, 4.69) is 104 Å². The summed E-state index contributed by atoms with van der Waals surface area (Å²) in [6.45, 7) is 1.15. The highest BCUT2D eigenvalue weighted by molar-refractivity contribution is 5.46. The average Bonchev–Trinajstić information content (AvgIpc) is 3.41. The molecule has 6 rings (SSSR count). The predicted molar refractivity (Wildman–Crippen MR) is 132 cm³/mol. The molecular weight excluding hydrogens is 480 g/mol. The summed E-state index contributed by atoms with van der Waals surface area (Å²) in [7, 11) is 2.51. The quantitative estimate of drug-likeness (QED) is 0.366. The Labute approximate surface area is 214 Å². The summed E-state index contributed by atoms with van der Waals surface area (Å²) in [4.78, 5) is 0. The molecule has 0 bridgehead atoms. The number of benzene rings is 3. The Morgan fingerprint density at radius 1 is 0.882 bits per heavy atom. The maximum absolute atomic E-state index is 10.7. The van der Waals surface area contributed by atoms with Crippen molar-refractivity contribution in [1.82, 2.24) is 0 Å². The minimum Gasteiger partial charge on any atom is -1.00 e. The van der Waals surface area contributed by atoms with E-state index in [0.717, 1.165) is 36.1 Å². The molecule has 2 nitrogen and oxygen atoms in total. The molecule has 3 fully saturated rings. The molecule has 3 aliphatic rings. The fraction of sp³-hybridized carbons (Fsp3) is 0.387. The van der Waals surface area contributed by atoms with Crippen LogP contribution in [0.4, 0.5) is 0 Å². The van der Waals surface area contributed by atoms with E-state index in [0.29, 0.717) is 11.5 Å². The van der Waals surface area contributed by atoms with Gasteiger partial charge in [0.05, 0.1) is 13.1 Å². The largest absolute Gasteiger partial charge is 1.00 e. The van der Waals surface area contributed by atoms with E-state index in [9.17, 15) is 5.26 Å². The first kappa shape index (κ1) is 23.3. The summed E-state index contributed by atoms with van der Waals surface area (Å²) < 4.78 is 1.22. The molecule has 3 heteroatoms. The monoisotopic (exact) mass is 512 g/mol. The van der Waals surface area contributed by atoms with Gasteiger partial charge in [-0.15, -0.1) is 0 Å². The van der Waals surface area contributed by atoms with Gasteiger partial charge in [0, 0.05) is 24.3 Å². The molecule has 1 aliphatic heterocycles. The third kappa shape index (κ3) is 3.30. The molecule has 1 spiro atoms. The van der Waals surface area contributed by atoms with Crippen LogP contribution in [0.15, 0.2) is 91.0 Å². The third-order valence-electron chi connectivity index (χ3n) is 9.60. The molecule has 1 heterocycles. The Morgan fingerprint density at radius 2 is 1.44 bits per heavy atom. The lowest BCUT2D eigenvalue weighted by Gasteiger charge is -2.42. The number of likely N-dealkylation sites (N-methyl/N-ethyl adjacent to an activating group) is 1. The fourth-order valence-corrected chi connectivity index (χ4v) is 7.96. The number of nitriles is 1. The van der Waals surface area contributed by atoms with Gasteiger partial charge in [0.15, 0.2) is 5.54 Å². The van der Waals surface area contributed by atoms with Crippen molar-refractivity contribution in [2.75, 3.05) is 7.05 Å². The Kier molecular flexibility index (Phi) is 5.95. The first-order chi connectivity index (χ1) is 16.1. The maximum atomic E-state index is 10.7. The van der Waals surface area contributed by atoms with Crippen LogP contribution in [0.25, 0.3) is 0 Å². The van der Waals surface area contributed by atoms with Crippen LogP contribution in [-0.2, 0) is 12.0 Å². The van der Waals surface area contributed by atoms with E-state index in [1.54, 1.807) is 0 Å². The van der Waals surface area contributed by atoms with Crippen molar-refractivity contribution in [2.45, 2.75) is 55.6 Å². The molecule has 0 N–H and O–H groups in total. The van der Waals surface area contributed by atoms with Gasteiger partial charge in [-0.05, 0) is 36.3 Å². The maximum Gasteiger partial charge on any atom is 0.155 e. The van der Waals surface area contributed by atoms with Crippen molar-refractivity contribution in [2.24, 2.45) is 11.8 Å². The summed E-state index contributed by atoms with van der Waals surface area (Å²) in [5.74, 6) is 1.40. The molecule has 0 radical (unpaired) electrons. The Morgan fingerprint density at radius 3 is 1.94 bits per heavy atom. The minimum absolute atomic E-state index is 0. The summed E-state index contributed by atoms with van der Waals surface area (Å²) in [6, 6.07) is 35.7. The first-order valence-electron chi connectivity index (χ1n) is 12.5. The van der Waals surface area contributed by atoms with Crippen molar-refractivity contribution >= 4 is 0 Å². The lowest BCUT2D eigenvalue weighted by Crippen LogP contribution is -3.00. The van der Waals surface area contributed by atoms with Crippen LogP contribution in [0.2, 0.25) is 0 Å². The smallest absolute Gasteiger partial charge is 0.155 e. The number of halogens is 1. The van der Waals surface area contributed by atoms with Gasteiger partial charge in [0.25, 0.3) is 0 Å². The van der Waals surface area contributed by atoms with Gasteiger partial charge in [-0.3, -0.25) is 0 Å². The first-order valence-corrected chi connectivity index (χ1v) is 12.5. The Hall–Kier alpha value is -2.41.